The minimum Gasteiger partial charge on any atom is -0.299 e. The average molecular weight is 225 g/mol. The van der Waals surface area contributed by atoms with Gasteiger partial charge in [0.25, 0.3) is 0 Å². The van der Waals surface area contributed by atoms with E-state index in [0.29, 0.717) is 18.1 Å². The van der Waals surface area contributed by atoms with Crippen LogP contribution in [0.3, 0.4) is 0 Å². The van der Waals surface area contributed by atoms with Gasteiger partial charge < -0.3 is 0 Å². The third-order valence-corrected chi connectivity index (χ3v) is 3.44. The maximum atomic E-state index is 11.7. The molecule has 0 saturated heterocycles. The number of aromatic nitrogens is 1. The Labute approximate surface area is 101 Å². The molecule has 2 aromatic rings. The van der Waals surface area contributed by atoms with Crippen molar-refractivity contribution in [2.45, 2.75) is 25.7 Å². The topological polar surface area (TPSA) is 30.0 Å². The first-order chi connectivity index (χ1) is 8.34. The highest BCUT2D eigenvalue weighted by molar-refractivity contribution is 5.87. The summed E-state index contributed by atoms with van der Waals surface area (Å²) in [7, 11) is 0. The van der Waals surface area contributed by atoms with Gasteiger partial charge in [-0.1, -0.05) is 18.2 Å². The van der Waals surface area contributed by atoms with Crippen LogP contribution in [0.4, 0.5) is 0 Å². The number of hydrogen-bond acceptors (Lipinski definition) is 2. The fraction of sp³-hybridized carbons (Fsp3) is 0.333. The van der Waals surface area contributed by atoms with Gasteiger partial charge in [0.1, 0.15) is 5.78 Å². The molecule has 1 aromatic carbocycles. The summed E-state index contributed by atoms with van der Waals surface area (Å²) in [5.41, 5.74) is 1.26. The minimum atomic E-state index is 0.381. The zero-order chi connectivity index (χ0) is 11.7. The van der Waals surface area contributed by atoms with Crippen molar-refractivity contribution >= 4 is 16.6 Å². The van der Waals surface area contributed by atoms with Crippen LogP contribution in [0.5, 0.6) is 0 Å². The van der Waals surface area contributed by atoms with Crippen molar-refractivity contribution in [3.8, 4) is 0 Å². The van der Waals surface area contributed by atoms with E-state index in [2.05, 4.69) is 17.1 Å². The van der Waals surface area contributed by atoms with Gasteiger partial charge in [-0.25, -0.2) is 0 Å². The van der Waals surface area contributed by atoms with Crippen LogP contribution in [0.25, 0.3) is 10.8 Å². The Bertz CT molecular complexity index is 552. The summed E-state index contributed by atoms with van der Waals surface area (Å²) in [6, 6.07) is 8.25. The fourth-order valence-electron chi connectivity index (χ4n) is 2.27. The number of pyridine rings is 1. The van der Waals surface area contributed by atoms with Crippen LogP contribution < -0.4 is 0 Å². The van der Waals surface area contributed by atoms with Gasteiger partial charge in [-0.15, -0.1) is 0 Å². The van der Waals surface area contributed by atoms with Crippen LogP contribution in [0.1, 0.15) is 24.8 Å². The smallest absolute Gasteiger partial charge is 0.136 e. The number of carbonyl (C=O) groups is 1. The van der Waals surface area contributed by atoms with E-state index in [0.717, 1.165) is 24.6 Å². The number of hydrogen-bond donors (Lipinski definition) is 0. The lowest BCUT2D eigenvalue weighted by atomic mass is 10.0. The zero-order valence-electron chi connectivity index (χ0n) is 9.73. The molecule has 0 bridgehead atoms. The van der Waals surface area contributed by atoms with Crippen molar-refractivity contribution in [3.63, 3.8) is 0 Å². The van der Waals surface area contributed by atoms with Crippen LogP contribution in [-0.2, 0) is 11.2 Å². The quantitative estimate of drug-likeness (QED) is 0.800. The highest BCUT2D eigenvalue weighted by Gasteiger charge is 2.28. The van der Waals surface area contributed by atoms with E-state index in [1.807, 2.05) is 24.5 Å². The lowest BCUT2D eigenvalue weighted by Gasteiger charge is -2.05. The molecule has 17 heavy (non-hydrogen) atoms. The number of ketones is 1. The Morgan fingerprint density at radius 3 is 3.00 bits per heavy atom. The Morgan fingerprint density at radius 1 is 1.29 bits per heavy atom. The maximum absolute atomic E-state index is 11.7. The Hall–Kier alpha value is -1.70. The molecule has 1 aromatic heterocycles. The summed E-state index contributed by atoms with van der Waals surface area (Å²) in [6.45, 7) is 0. The van der Waals surface area contributed by atoms with Crippen molar-refractivity contribution in [2.75, 3.05) is 0 Å². The number of carbonyl (C=O) groups excluding carboxylic acids is 1. The molecule has 2 heteroatoms. The van der Waals surface area contributed by atoms with Gasteiger partial charge in [0.05, 0.1) is 0 Å². The van der Waals surface area contributed by atoms with Crippen LogP contribution in [0, 0.1) is 5.92 Å². The van der Waals surface area contributed by atoms with E-state index in [9.17, 15) is 4.79 Å². The van der Waals surface area contributed by atoms with E-state index < -0.39 is 0 Å². The van der Waals surface area contributed by atoms with E-state index in [1.165, 1.54) is 10.9 Å². The van der Waals surface area contributed by atoms with Gasteiger partial charge >= 0.3 is 0 Å². The molecule has 86 valence electrons. The molecule has 1 saturated carbocycles. The van der Waals surface area contributed by atoms with Gasteiger partial charge in [-0.05, 0) is 36.3 Å². The predicted molar refractivity (Wildman–Crippen MR) is 67.8 cm³/mol. The van der Waals surface area contributed by atoms with E-state index in [-0.39, 0.29) is 0 Å². The molecule has 0 unspecified atom stereocenters. The standard InChI is InChI=1S/C15H15NO/c17-15(12-4-5-12)7-6-11-2-1-3-13-10-16-9-8-14(11)13/h1-3,8-10,12H,4-7H2. The maximum Gasteiger partial charge on any atom is 0.136 e. The van der Waals surface area contributed by atoms with E-state index in [1.54, 1.807) is 0 Å². The first-order valence-corrected chi connectivity index (χ1v) is 6.19. The Morgan fingerprint density at radius 2 is 2.18 bits per heavy atom. The lowest BCUT2D eigenvalue weighted by Crippen LogP contribution is -2.02. The van der Waals surface area contributed by atoms with Gasteiger partial charge in [-0.2, -0.15) is 0 Å². The molecule has 0 amide bonds. The first kappa shape index (κ1) is 10.5. The third kappa shape index (κ3) is 2.21. The molecule has 1 fully saturated rings. The van der Waals surface area contributed by atoms with Gasteiger partial charge in [0, 0.05) is 30.1 Å². The van der Waals surface area contributed by atoms with Crippen molar-refractivity contribution in [2.24, 2.45) is 5.92 Å². The van der Waals surface area contributed by atoms with Gasteiger partial charge in [-0.3, -0.25) is 9.78 Å². The second kappa shape index (κ2) is 4.28. The number of nitrogens with zero attached hydrogens (tertiary/aromatic N) is 1. The van der Waals surface area contributed by atoms with Crippen molar-refractivity contribution in [1.82, 2.24) is 4.98 Å². The molecule has 1 heterocycles. The van der Waals surface area contributed by atoms with E-state index in [4.69, 9.17) is 0 Å². The Kier molecular flexibility index (Phi) is 2.63. The van der Waals surface area contributed by atoms with Crippen molar-refractivity contribution in [3.05, 3.63) is 42.2 Å². The predicted octanol–water partition coefficient (Wildman–Crippen LogP) is 3.15. The normalized spacial score (nSPS) is 15.1. The number of rotatable bonds is 4. The summed E-state index contributed by atoms with van der Waals surface area (Å²) < 4.78 is 0. The lowest BCUT2D eigenvalue weighted by molar-refractivity contribution is -0.120. The molecule has 3 rings (SSSR count). The molecule has 0 radical (unpaired) electrons. The summed E-state index contributed by atoms with van der Waals surface area (Å²) in [5.74, 6) is 0.822. The molecule has 1 aliphatic carbocycles. The van der Waals surface area contributed by atoms with Crippen molar-refractivity contribution in [1.29, 1.82) is 0 Å². The fourth-order valence-corrected chi connectivity index (χ4v) is 2.27. The molecule has 2 nitrogen and oxygen atoms in total. The molecule has 1 aliphatic rings. The van der Waals surface area contributed by atoms with Gasteiger partial charge in [0.2, 0.25) is 0 Å². The van der Waals surface area contributed by atoms with Crippen LogP contribution in [0.15, 0.2) is 36.7 Å². The summed E-state index contributed by atoms with van der Waals surface area (Å²) in [6.07, 6.45) is 7.45. The second-order valence-electron chi connectivity index (χ2n) is 4.75. The zero-order valence-corrected chi connectivity index (χ0v) is 9.73. The van der Waals surface area contributed by atoms with Crippen LogP contribution >= 0.6 is 0 Å². The number of Topliss-reactive ketones (excluding diaryl/α,β-unsaturated/α-hetero) is 1. The summed E-state index contributed by atoms with van der Waals surface area (Å²) >= 11 is 0. The minimum absolute atomic E-state index is 0.381. The van der Waals surface area contributed by atoms with Gasteiger partial charge in [0.15, 0.2) is 0 Å². The molecule has 0 N–H and O–H groups in total. The van der Waals surface area contributed by atoms with Crippen molar-refractivity contribution < 1.29 is 4.79 Å². The molecule has 0 spiro atoms. The van der Waals surface area contributed by atoms with Crippen LogP contribution in [-0.4, -0.2) is 10.8 Å². The number of aryl methyl sites for hydroxylation is 1. The van der Waals surface area contributed by atoms with E-state index >= 15 is 0 Å². The second-order valence-corrected chi connectivity index (χ2v) is 4.75. The summed E-state index contributed by atoms with van der Waals surface area (Å²) in [4.78, 5) is 15.8. The molecular weight excluding hydrogens is 210 g/mol. The monoisotopic (exact) mass is 225 g/mol. The molecule has 0 aliphatic heterocycles. The third-order valence-electron chi connectivity index (χ3n) is 3.44. The highest BCUT2D eigenvalue weighted by atomic mass is 16.1. The molecule has 0 atom stereocenters. The number of benzene rings is 1. The average Bonchev–Trinajstić information content (AvgIpc) is 3.20. The highest BCUT2D eigenvalue weighted by Crippen LogP contribution is 2.31. The van der Waals surface area contributed by atoms with Crippen LogP contribution in [0.2, 0.25) is 0 Å². The molecular formula is C15H15NO. The summed E-state index contributed by atoms with van der Waals surface area (Å²) in [5, 5.41) is 2.38. The Balaban J connectivity index is 1.82. The largest absolute Gasteiger partial charge is 0.299 e. The first-order valence-electron chi connectivity index (χ1n) is 6.19. The number of fused-ring (bicyclic) bond motifs is 1. The SMILES string of the molecule is O=C(CCc1cccc2cnccc12)C1CC1.